The van der Waals surface area contributed by atoms with Crippen LogP contribution in [0, 0.1) is 5.41 Å². The lowest BCUT2D eigenvalue weighted by molar-refractivity contribution is -0.307. The Morgan fingerprint density at radius 2 is 0.872 bits per heavy atom. The number of hydrogen-bond donors (Lipinski definition) is 0. The van der Waals surface area contributed by atoms with Gasteiger partial charge in [-0.1, -0.05) is 24.3 Å². The van der Waals surface area contributed by atoms with Gasteiger partial charge in [0.1, 0.15) is 0 Å². The molecule has 8 nitrogen and oxygen atoms in total. The van der Waals surface area contributed by atoms with Gasteiger partial charge in [-0.3, -0.25) is 9.59 Å². The molecule has 1 spiro atoms. The molecule has 8 heteroatoms. The standard InChI is InChI=1S/C31H38N2O6/c34-27(32-15-3-1-4-16-32)23-7-11-25(12-8-23)29-36-19-31(20-37-29)21-38-30(39-22-31)26-13-9-24(10-14-26)28(35)33-17-5-2-6-18-33/h7-14,29-30H,1-6,15-22H2. The molecule has 0 radical (unpaired) electrons. The van der Waals surface area contributed by atoms with E-state index in [0.717, 1.165) is 63.0 Å². The van der Waals surface area contributed by atoms with Crippen LogP contribution in [0.2, 0.25) is 0 Å². The molecule has 2 aromatic rings. The summed E-state index contributed by atoms with van der Waals surface area (Å²) >= 11 is 0. The molecule has 0 aliphatic carbocycles. The molecule has 4 heterocycles. The van der Waals surface area contributed by atoms with Crippen molar-refractivity contribution in [2.75, 3.05) is 52.6 Å². The average molecular weight is 535 g/mol. The van der Waals surface area contributed by atoms with Crippen LogP contribution in [0.1, 0.15) is 82.9 Å². The van der Waals surface area contributed by atoms with Gasteiger partial charge in [0.2, 0.25) is 0 Å². The largest absolute Gasteiger partial charge is 0.348 e. The number of hydrogen-bond acceptors (Lipinski definition) is 6. The molecule has 0 bridgehead atoms. The molecular formula is C31H38N2O6. The number of benzene rings is 2. The minimum absolute atomic E-state index is 0.0972. The maximum Gasteiger partial charge on any atom is 0.253 e. The van der Waals surface area contributed by atoms with Crippen LogP contribution in [0.5, 0.6) is 0 Å². The molecule has 0 unspecified atom stereocenters. The Bertz CT molecular complexity index is 1030. The number of carbonyl (C=O) groups excluding carboxylic acids is 2. The summed E-state index contributed by atoms with van der Waals surface area (Å²) in [6, 6.07) is 15.1. The highest BCUT2D eigenvalue weighted by Crippen LogP contribution is 2.38. The summed E-state index contributed by atoms with van der Waals surface area (Å²) in [5.74, 6) is 0.194. The lowest BCUT2D eigenvalue weighted by Gasteiger charge is -2.43. The van der Waals surface area contributed by atoms with Crippen molar-refractivity contribution in [1.82, 2.24) is 9.80 Å². The molecule has 6 rings (SSSR count). The molecule has 0 atom stereocenters. The van der Waals surface area contributed by atoms with E-state index in [1.807, 2.05) is 58.3 Å². The first-order valence-corrected chi connectivity index (χ1v) is 14.4. The van der Waals surface area contributed by atoms with Crippen LogP contribution in [0.15, 0.2) is 48.5 Å². The first-order valence-electron chi connectivity index (χ1n) is 14.4. The monoisotopic (exact) mass is 534 g/mol. The summed E-state index contributed by atoms with van der Waals surface area (Å²) in [6.07, 6.45) is 5.77. The Labute approximate surface area is 230 Å². The molecule has 2 aromatic carbocycles. The van der Waals surface area contributed by atoms with E-state index in [1.165, 1.54) is 12.8 Å². The number of likely N-dealkylation sites (tertiary alicyclic amines) is 2. The summed E-state index contributed by atoms with van der Waals surface area (Å²) in [5.41, 5.74) is 2.85. The predicted molar refractivity (Wildman–Crippen MR) is 144 cm³/mol. The summed E-state index contributed by atoms with van der Waals surface area (Å²) in [6.45, 7) is 5.20. The topological polar surface area (TPSA) is 77.5 Å². The van der Waals surface area contributed by atoms with Gasteiger partial charge in [-0.2, -0.15) is 0 Å². The minimum Gasteiger partial charge on any atom is -0.348 e. The van der Waals surface area contributed by atoms with E-state index in [2.05, 4.69) is 0 Å². The molecule has 4 fully saturated rings. The Balaban J connectivity index is 0.991. The molecule has 39 heavy (non-hydrogen) atoms. The fourth-order valence-corrected chi connectivity index (χ4v) is 5.87. The SMILES string of the molecule is O=C(c1ccc(C2OCC3(CO2)COC(c2ccc(C(=O)N4CCCCC4)cc2)OC3)cc1)N1CCCCC1. The van der Waals surface area contributed by atoms with Crippen molar-refractivity contribution >= 4 is 11.8 Å². The van der Waals surface area contributed by atoms with Gasteiger partial charge in [-0.25, -0.2) is 0 Å². The predicted octanol–water partition coefficient (Wildman–Crippen LogP) is 4.72. The van der Waals surface area contributed by atoms with E-state index < -0.39 is 12.6 Å². The third-order valence-electron chi connectivity index (χ3n) is 8.31. The van der Waals surface area contributed by atoms with Crippen molar-refractivity contribution in [3.63, 3.8) is 0 Å². The first kappa shape index (κ1) is 26.4. The lowest BCUT2D eigenvalue weighted by Crippen LogP contribution is -2.49. The fraction of sp³-hybridized carbons (Fsp3) is 0.548. The number of piperidine rings is 2. The van der Waals surface area contributed by atoms with Crippen LogP contribution in [-0.2, 0) is 18.9 Å². The van der Waals surface area contributed by atoms with Crippen LogP contribution < -0.4 is 0 Å². The highest BCUT2D eigenvalue weighted by Gasteiger charge is 2.42. The van der Waals surface area contributed by atoms with Gasteiger partial charge in [0, 0.05) is 48.4 Å². The van der Waals surface area contributed by atoms with Gasteiger partial charge >= 0.3 is 0 Å². The molecule has 4 aliphatic heterocycles. The van der Waals surface area contributed by atoms with Crippen molar-refractivity contribution in [1.29, 1.82) is 0 Å². The summed E-state index contributed by atoms with van der Waals surface area (Å²) in [5, 5.41) is 0. The molecule has 4 saturated heterocycles. The maximum atomic E-state index is 12.7. The molecule has 0 saturated carbocycles. The summed E-state index contributed by atoms with van der Waals surface area (Å²) in [4.78, 5) is 29.4. The smallest absolute Gasteiger partial charge is 0.253 e. The van der Waals surface area contributed by atoms with Crippen molar-refractivity contribution < 1.29 is 28.5 Å². The van der Waals surface area contributed by atoms with E-state index in [-0.39, 0.29) is 17.2 Å². The van der Waals surface area contributed by atoms with E-state index >= 15 is 0 Å². The lowest BCUT2D eigenvalue weighted by atomic mass is 9.90. The van der Waals surface area contributed by atoms with Gasteiger partial charge in [-0.05, 0) is 62.8 Å². The van der Waals surface area contributed by atoms with Crippen molar-refractivity contribution in [3.8, 4) is 0 Å². The molecule has 208 valence electrons. The van der Waals surface area contributed by atoms with Gasteiger partial charge < -0.3 is 28.7 Å². The molecule has 2 amide bonds. The number of nitrogens with zero attached hydrogens (tertiary/aromatic N) is 2. The van der Waals surface area contributed by atoms with E-state index in [1.54, 1.807) is 0 Å². The van der Waals surface area contributed by atoms with Crippen molar-refractivity contribution in [2.24, 2.45) is 5.41 Å². The number of carbonyl (C=O) groups is 2. The van der Waals surface area contributed by atoms with E-state index in [9.17, 15) is 9.59 Å². The zero-order valence-electron chi connectivity index (χ0n) is 22.5. The van der Waals surface area contributed by atoms with Crippen LogP contribution in [0.3, 0.4) is 0 Å². The van der Waals surface area contributed by atoms with Crippen molar-refractivity contribution in [2.45, 2.75) is 51.1 Å². The minimum atomic E-state index is -0.475. The number of amides is 2. The van der Waals surface area contributed by atoms with Crippen LogP contribution in [0.25, 0.3) is 0 Å². The molecule has 4 aliphatic rings. The Morgan fingerprint density at radius 3 is 1.21 bits per heavy atom. The summed E-state index contributed by atoms with van der Waals surface area (Å²) in [7, 11) is 0. The first-order chi connectivity index (χ1) is 19.1. The van der Waals surface area contributed by atoms with Gasteiger partial charge in [0.05, 0.1) is 31.8 Å². The Hall–Kier alpha value is -2.78. The quantitative estimate of drug-likeness (QED) is 0.565. The fourth-order valence-electron chi connectivity index (χ4n) is 5.87. The van der Waals surface area contributed by atoms with Crippen LogP contribution in [0.4, 0.5) is 0 Å². The molecule has 0 N–H and O–H groups in total. The second kappa shape index (κ2) is 11.8. The molecule has 0 aromatic heterocycles. The van der Waals surface area contributed by atoms with E-state index in [4.69, 9.17) is 18.9 Å². The summed E-state index contributed by atoms with van der Waals surface area (Å²) < 4.78 is 24.4. The third kappa shape index (κ3) is 5.89. The van der Waals surface area contributed by atoms with Gasteiger partial charge in [0.25, 0.3) is 11.8 Å². The highest BCUT2D eigenvalue weighted by atomic mass is 16.7. The highest BCUT2D eigenvalue weighted by molar-refractivity contribution is 5.94. The average Bonchev–Trinajstić information content (AvgIpc) is 3.02. The second-order valence-electron chi connectivity index (χ2n) is 11.4. The van der Waals surface area contributed by atoms with Crippen molar-refractivity contribution in [3.05, 3.63) is 70.8 Å². The van der Waals surface area contributed by atoms with E-state index in [0.29, 0.717) is 37.6 Å². The van der Waals surface area contributed by atoms with Gasteiger partial charge in [0.15, 0.2) is 12.6 Å². The second-order valence-corrected chi connectivity index (χ2v) is 11.4. The maximum absolute atomic E-state index is 12.7. The zero-order valence-corrected chi connectivity index (χ0v) is 22.5. The molecular weight excluding hydrogens is 496 g/mol. The Kier molecular flexibility index (Phi) is 7.97. The van der Waals surface area contributed by atoms with Gasteiger partial charge in [-0.15, -0.1) is 0 Å². The number of ether oxygens (including phenoxy) is 4. The van der Waals surface area contributed by atoms with Crippen LogP contribution in [-0.4, -0.2) is 74.2 Å². The zero-order chi connectivity index (χ0) is 26.7. The van der Waals surface area contributed by atoms with Crippen LogP contribution >= 0.6 is 0 Å². The number of rotatable bonds is 4. The normalized spacial score (nSPS) is 27.9. The third-order valence-corrected chi connectivity index (χ3v) is 8.31. The Morgan fingerprint density at radius 1 is 0.538 bits per heavy atom.